The first kappa shape index (κ1) is 13.3. The molecule has 0 amide bonds. The third kappa shape index (κ3) is 3.66. The van der Waals surface area contributed by atoms with Gasteiger partial charge in [-0.2, -0.15) is 13.2 Å². The van der Waals surface area contributed by atoms with Gasteiger partial charge in [-0.1, -0.05) is 6.92 Å². The largest absolute Gasteiger partial charge is 0.480 e. The number of hydrogen-bond acceptors (Lipinski definition) is 2. The second-order valence-electron chi connectivity index (χ2n) is 4.74. The number of hydrogen-bond donors (Lipinski definition) is 1. The Labute approximate surface area is 92.2 Å². The molecule has 1 aliphatic carbocycles. The maximum Gasteiger partial charge on any atom is 0.401 e. The molecule has 1 rings (SSSR count). The van der Waals surface area contributed by atoms with E-state index in [2.05, 4.69) is 0 Å². The lowest BCUT2D eigenvalue weighted by molar-refractivity contribution is -0.159. The number of carboxylic acid groups (broad SMARTS) is 1. The summed E-state index contributed by atoms with van der Waals surface area (Å²) in [5.41, 5.74) is -0.152. The van der Waals surface area contributed by atoms with Crippen molar-refractivity contribution in [3.63, 3.8) is 0 Å². The van der Waals surface area contributed by atoms with Crippen LogP contribution in [0.15, 0.2) is 0 Å². The Bertz CT molecular complexity index is 274. The Hall–Kier alpha value is -0.780. The molecule has 0 aromatic carbocycles. The fourth-order valence-electron chi connectivity index (χ4n) is 1.79. The van der Waals surface area contributed by atoms with Gasteiger partial charge in [0.1, 0.15) is 0 Å². The highest BCUT2D eigenvalue weighted by Crippen LogP contribution is 2.50. The van der Waals surface area contributed by atoms with Crippen LogP contribution in [0.2, 0.25) is 0 Å². The monoisotopic (exact) mass is 239 g/mol. The Morgan fingerprint density at radius 1 is 1.50 bits per heavy atom. The summed E-state index contributed by atoms with van der Waals surface area (Å²) in [6.45, 7) is 1.84. The van der Waals surface area contributed by atoms with Crippen LogP contribution in [-0.4, -0.2) is 41.3 Å². The summed E-state index contributed by atoms with van der Waals surface area (Å²) in [5, 5.41) is 8.61. The average Bonchev–Trinajstić information content (AvgIpc) is 2.79. The van der Waals surface area contributed by atoms with Crippen LogP contribution in [0.1, 0.15) is 26.7 Å². The van der Waals surface area contributed by atoms with Gasteiger partial charge in [0.15, 0.2) is 0 Å². The number of aliphatic carboxylic acids is 1. The number of carboxylic acids is 1. The van der Waals surface area contributed by atoms with Gasteiger partial charge < -0.3 is 5.11 Å². The van der Waals surface area contributed by atoms with Crippen molar-refractivity contribution in [2.24, 2.45) is 5.41 Å². The molecular formula is C10H16F3NO2. The van der Waals surface area contributed by atoms with Crippen molar-refractivity contribution >= 4 is 5.97 Å². The van der Waals surface area contributed by atoms with Gasteiger partial charge in [0, 0.05) is 6.04 Å². The maximum atomic E-state index is 12.3. The predicted octanol–water partition coefficient (Wildman–Crippen LogP) is 2.12. The minimum Gasteiger partial charge on any atom is -0.480 e. The van der Waals surface area contributed by atoms with Crippen LogP contribution in [-0.2, 0) is 4.79 Å². The molecule has 0 bridgehead atoms. The number of alkyl halides is 3. The molecule has 0 heterocycles. The Morgan fingerprint density at radius 2 is 2.00 bits per heavy atom. The van der Waals surface area contributed by atoms with Gasteiger partial charge in [-0.25, -0.2) is 0 Å². The topological polar surface area (TPSA) is 40.5 Å². The van der Waals surface area contributed by atoms with Gasteiger partial charge >= 0.3 is 12.1 Å². The van der Waals surface area contributed by atoms with E-state index in [9.17, 15) is 18.0 Å². The second-order valence-corrected chi connectivity index (χ2v) is 4.74. The van der Waals surface area contributed by atoms with Crippen molar-refractivity contribution in [2.45, 2.75) is 38.9 Å². The normalized spacial score (nSPS) is 20.9. The highest BCUT2D eigenvalue weighted by Gasteiger charge is 2.47. The fraction of sp³-hybridized carbons (Fsp3) is 0.900. The molecule has 0 aromatic heterocycles. The van der Waals surface area contributed by atoms with E-state index in [1.807, 2.05) is 6.92 Å². The van der Waals surface area contributed by atoms with Gasteiger partial charge in [-0.15, -0.1) is 0 Å². The predicted molar refractivity (Wildman–Crippen MR) is 52.1 cm³/mol. The van der Waals surface area contributed by atoms with Crippen LogP contribution < -0.4 is 0 Å². The van der Waals surface area contributed by atoms with E-state index < -0.39 is 25.2 Å². The van der Waals surface area contributed by atoms with Crippen LogP contribution in [0.3, 0.4) is 0 Å². The quantitative estimate of drug-likeness (QED) is 0.799. The van der Waals surface area contributed by atoms with E-state index in [0.29, 0.717) is 0 Å². The van der Waals surface area contributed by atoms with E-state index >= 15 is 0 Å². The molecule has 1 aliphatic rings. The highest BCUT2D eigenvalue weighted by molar-refractivity contribution is 5.69. The maximum absolute atomic E-state index is 12.3. The lowest BCUT2D eigenvalue weighted by Gasteiger charge is -2.32. The SMILES string of the molecule is CC(N(CC(=O)O)CC(F)(F)F)C1(C)CC1. The van der Waals surface area contributed by atoms with Crippen LogP contribution >= 0.6 is 0 Å². The van der Waals surface area contributed by atoms with Crippen molar-refractivity contribution in [3.05, 3.63) is 0 Å². The number of halogens is 3. The fourth-order valence-corrected chi connectivity index (χ4v) is 1.79. The third-order valence-electron chi connectivity index (χ3n) is 3.32. The molecule has 94 valence electrons. The number of rotatable bonds is 5. The zero-order valence-corrected chi connectivity index (χ0v) is 9.34. The molecular weight excluding hydrogens is 223 g/mol. The highest BCUT2D eigenvalue weighted by atomic mass is 19.4. The molecule has 16 heavy (non-hydrogen) atoms. The van der Waals surface area contributed by atoms with Gasteiger partial charge in [0.25, 0.3) is 0 Å². The number of nitrogens with zero attached hydrogens (tertiary/aromatic N) is 1. The van der Waals surface area contributed by atoms with Gasteiger partial charge in [-0.05, 0) is 25.2 Å². The van der Waals surface area contributed by atoms with E-state index in [0.717, 1.165) is 17.7 Å². The molecule has 1 fully saturated rings. The first-order valence-corrected chi connectivity index (χ1v) is 5.17. The molecule has 1 N–H and O–H groups in total. The molecule has 0 saturated heterocycles. The van der Waals surface area contributed by atoms with E-state index in [-0.39, 0.29) is 11.5 Å². The van der Waals surface area contributed by atoms with Crippen LogP contribution in [0.5, 0.6) is 0 Å². The minimum atomic E-state index is -4.35. The zero-order valence-electron chi connectivity index (χ0n) is 9.34. The lowest BCUT2D eigenvalue weighted by Crippen LogP contribution is -2.46. The number of carbonyl (C=O) groups is 1. The summed E-state index contributed by atoms with van der Waals surface area (Å²) >= 11 is 0. The molecule has 0 radical (unpaired) electrons. The second kappa shape index (κ2) is 4.24. The van der Waals surface area contributed by atoms with E-state index in [4.69, 9.17) is 5.11 Å². The summed E-state index contributed by atoms with van der Waals surface area (Å²) in [6, 6.07) is -0.356. The first-order chi connectivity index (χ1) is 7.14. The van der Waals surface area contributed by atoms with Crippen LogP contribution in [0, 0.1) is 5.41 Å². The van der Waals surface area contributed by atoms with Crippen molar-refractivity contribution in [2.75, 3.05) is 13.1 Å². The van der Waals surface area contributed by atoms with Gasteiger partial charge in [-0.3, -0.25) is 9.69 Å². The zero-order chi connectivity index (χ0) is 12.6. The van der Waals surface area contributed by atoms with Crippen molar-refractivity contribution in [1.82, 2.24) is 4.90 Å². The van der Waals surface area contributed by atoms with Crippen LogP contribution in [0.25, 0.3) is 0 Å². The van der Waals surface area contributed by atoms with E-state index in [1.165, 1.54) is 0 Å². The molecule has 0 aromatic rings. The summed E-state index contributed by atoms with van der Waals surface area (Å²) in [7, 11) is 0. The molecule has 1 atom stereocenters. The lowest BCUT2D eigenvalue weighted by atomic mass is 9.99. The average molecular weight is 239 g/mol. The Kier molecular flexibility index (Phi) is 3.52. The van der Waals surface area contributed by atoms with Crippen molar-refractivity contribution in [1.29, 1.82) is 0 Å². The Morgan fingerprint density at radius 3 is 2.31 bits per heavy atom. The van der Waals surface area contributed by atoms with Crippen LogP contribution in [0.4, 0.5) is 13.2 Å². The van der Waals surface area contributed by atoms with Crippen molar-refractivity contribution in [3.8, 4) is 0 Å². The smallest absolute Gasteiger partial charge is 0.401 e. The summed E-state index contributed by atoms with van der Waals surface area (Å²) in [6.07, 6.45) is -2.63. The van der Waals surface area contributed by atoms with Gasteiger partial charge in [0.05, 0.1) is 13.1 Å². The molecule has 0 spiro atoms. The Balaban J connectivity index is 2.66. The standard InChI is InChI=1S/C10H16F3NO2/c1-7(9(2)3-4-9)14(5-8(15)16)6-10(11,12)13/h7H,3-6H2,1-2H3,(H,15,16). The third-order valence-corrected chi connectivity index (χ3v) is 3.32. The molecule has 0 aliphatic heterocycles. The van der Waals surface area contributed by atoms with E-state index in [1.54, 1.807) is 6.92 Å². The summed E-state index contributed by atoms with van der Waals surface area (Å²) < 4.78 is 36.9. The molecule has 1 saturated carbocycles. The molecule has 3 nitrogen and oxygen atoms in total. The molecule has 1 unspecified atom stereocenters. The summed E-state index contributed by atoms with van der Waals surface area (Å²) in [4.78, 5) is 11.5. The van der Waals surface area contributed by atoms with Crippen molar-refractivity contribution < 1.29 is 23.1 Å². The summed E-state index contributed by atoms with van der Waals surface area (Å²) in [5.74, 6) is -1.22. The molecule has 6 heteroatoms. The first-order valence-electron chi connectivity index (χ1n) is 5.17. The minimum absolute atomic E-state index is 0.152. The van der Waals surface area contributed by atoms with Gasteiger partial charge in [0.2, 0.25) is 0 Å².